The van der Waals surface area contributed by atoms with Crippen LogP contribution in [-0.4, -0.2) is 0 Å². The van der Waals surface area contributed by atoms with Gasteiger partial charge in [0.25, 0.3) is 0 Å². The topological polar surface area (TPSA) is 0 Å². The number of hydrogen-bond donors (Lipinski definition) is 0. The highest BCUT2D eigenvalue weighted by atomic mass is 14.0. The SMILES string of the molecule is C1=CCCCCCCCCCC/C=C/CCCCCC1. The molecule has 0 radical (unpaired) electrons. The largest absolute Gasteiger partial charge is 0.0885 e. The van der Waals surface area contributed by atoms with Crippen LogP contribution in [0.4, 0.5) is 0 Å². The Balaban J connectivity index is 2.11. The van der Waals surface area contributed by atoms with Crippen LogP contribution in [-0.2, 0) is 0 Å². The van der Waals surface area contributed by atoms with Crippen molar-refractivity contribution in [2.75, 3.05) is 0 Å². The van der Waals surface area contributed by atoms with Crippen LogP contribution in [0.1, 0.15) is 103 Å². The molecule has 0 nitrogen and oxygen atoms in total. The Labute approximate surface area is 127 Å². The molecule has 0 saturated carbocycles. The molecule has 0 aromatic carbocycles. The van der Waals surface area contributed by atoms with Crippen LogP contribution in [0.5, 0.6) is 0 Å². The molecule has 0 heterocycles. The van der Waals surface area contributed by atoms with Crippen LogP contribution >= 0.6 is 0 Å². The molecule has 0 bridgehead atoms. The van der Waals surface area contributed by atoms with Gasteiger partial charge in [-0.15, -0.1) is 0 Å². The van der Waals surface area contributed by atoms with E-state index in [1.165, 1.54) is 103 Å². The highest BCUT2D eigenvalue weighted by Gasteiger charge is 1.92. The summed E-state index contributed by atoms with van der Waals surface area (Å²) in [6.07, 6.45) is 32.0. The molecule has 0 saturated heterocycles. The summed E-state index contributed by atoms with van der Waals surface area (Å²) >= 11 is 0. The Morgan fingerprint density at radius 3 is 0.700 bits per heavy atom. The Hall–Kier alpha value is -0.520. The molecule has 1 rings (SSSR count). The molecule has 0 amide bonds. The minimum absolute atomic E-state index is 1.30. The second-order valence-corrected chi connectivity index (χ2v) is 6.34. The number of allylic oxidation sites excluding steroid dienone is 4. The maximum atomic E-state index is 2.42. The maximum absolute atomic E-state index is 2.42. The molecule has 1 aliphatic rings. The lowest BCUT2D eigenvalue weighted by atomic mass is 10.1. The summed E-state index contributed by atoms with van der Waals surface area (Å²) < 4.78 is 0. The first-order valence-electron chi connectivity index (χ1n) is 9.30. The van der Waals surface area contributed by atoms with Gasteiger partial charge < -0.3 is 0 Å². The fraction of sp³-hybridized carbons (Fsp3) is 0.800. The summed E-state index contributed by atoms with van der Waals surface area (Å²) in [6, 6.07) is 0. The van der Waals surface area contributed by atoms with E-state index in [0.717, 1.165) is 0 Å². The van der Waals surface area contributed by atoms with Crippen LogP contribution in [0.15, 0.2) is 24.3 Å². The summed E-state index contributed by atoms with van der Waals surface area (Å²) in [5.41, 5.74) is 0. The quantitative estimate of drug-likeness (QED) is 0.405. The van der Waals surface area contributed by atoms with E-state index < -0.39 is 0 Å². The molecule has 0 aliphatic heterocycles. The van der Waals surface area contributed by atoms with Crippen LogP contribution in [0.2, 0.25) is 0 Å². The maximum Gasteiger partial charge on any atom is -0.0351 e. The highest BCUT2D eigenvalue weighted by Crippen LogP contribution is 2.12. The molecule has 0 heteroatoms. The van der Waals surface area contributed by atoms with Gasteiger partial charge in [0, 0.05) is 0 Å². The first-order chi connectivity index (χ1) is 10.0. The summed E-state index contributed by atoms with van der Waals surface area (Å²) in [7, 11) is 0. The van der Waals surface area contributed by atoms with Gasteiger partial charge in [0.2, 0.25) is 0 Å². The average molecular weight is 277 g/mol. The van der Waals surface area contributed by atoms with Crippen LogP contribution < -0.4 is 0 Å². The van der Waals surface area contributed by atoms with Crippen molar-refractivity contribution in [3.05, 3.63) is 24.3 Å². The minimum Gasteiger partial charge on any atom is -0.0885 e. The van der Waals surface area contributed by atoms with E-state index in [9.17, 15) is 0 Å². The third-order valence-electron chi connectivity index (χ3n) is 4.32. The van der Waals surface area contributed by atoms with Crippen LogP contribution in [0, 0.1) is 0 Å². The average Bonchev–Trinajstić information content (AvgIpc) is 2.46. The molecule has 0 fully saturated rings. The molecular weight excluding hydrogens is 240 g/mol. The zero-order valence-corrected chi connectivity index (χ0v) is 13.6. The van der Waals surface area contributed by atoms with Crippen molar-refractivity contribution >= 4 is 0 Å². The molecule has 0 aromatic rings. The van der Waals surface area contributed by atoms with Crippen LogP contribution in [0.25, 0.3) is 0 Å². The van der Waals surface area contributed by atoms with Gasteiger partial charge in [-0.25, -0.2) is 0 Å². The molecule has 1 aliphatic carbocycles. The van der Waals surface area contributed by atoms with E-state index in [1.807, 2.05) is 0 Å². The van der Waals surface area contributed by atoms with Gasteiger partial charge in [-0.1, -0.05) is 75.7 Å². The number of hydrogen-bond acceptors (Lipinski definition) is 0. The van der Waals surface area contributed by atoms with Crippen molar-refractivity contribution in [2.24, 2.45) is 0 Å². The second-order valence-electron chi connectivity index (χ2n) is 6.34. The minimum atomic E-state index is 1.30. The van der Waals surface area contributed by atoms with Gasteiger partial charge in [-0.3, -0.25) is 0 Å². The fourth-order valence-corrected chi connectivity index (χ4v) is 2.93. The smallest absolute Gasteiger partial charge is 0.0351 e. The Morgan fingerprint density at radius 2 is 0.450 bits per heavy atom. The van der Waals surface area contributed by atoms with E-state index >= 15 is 0 Å². The van der Waals surface area contributed by atoms with Gasteiger partial charge in [-0.2, -0.15) is 0 Å². The Bertz CT molecular complexity index is 210. The molecule has 0 N–H and O–H groups in total. The third-order valence-corrected chi connectivity index (χ3v) is 4.32. The monoisotopic (exact) mass is 276 g/mol. The van der Waals surface area contributed by atoms with Crippen molar-refractivity contribution in [1.29, 1.82) is 0 Å². The van der Waals surface area contributed by atoms with Crippen molar-refractivity contribution in [2.45, 2.75) is 103 Å². The first-order valence-corrected chi connectivity index (χ1v) is 9.30. The van der Waals surface area contributed by atoms with E-state index in [1.54, 1.807) is 0 Å². The highest BCUT2D eigenvalue weighted by molar-refractivity contribution is 4.82. The van der Waals surface area contributed by atoms with Crippen molar-refractivity contribution in [1.82, 2.24) is 0 Å². The first kappa shape index (κ1) is 17.5. The van der Waals surface area contributed by atoms with E-state index in [-0.39, 0.29) is 0 Å². The molecule has 0 atom stereocenters. The van der Waals surface area contributed by atoms with E-state index in [0.29, 0.717) is 0 Å². The second kappa shape index (κ2) is 14.9. The molecule has 0 spiro atoms. The molecule has 20 heavy (non-hydrogen) atoms. The van der Waals surface area contributed by atoms with Gasteiger partial charge in [0.05, 0.1) is 0 Å². The van der Waals surface area contributed by atoms with Crippen molar-refractivity contribution in [3.8, 4) is 0 Å². The lowest BCUT2D eigenvalue weighted by Crippen LogP contribution is -1.82. The summed E-state index contributed by atoms with van der Waals surface area (Å²) in [6.45, 7) is 0. The Kier molecular flexibility index (Phi) is 13.0. The standard InChI is InChI=1S/C20H36/c1-2-4-6-8-10-12-14-16-18-20-19-17-15-13-11-9-7-5-3-1/h1-2,15,17H,3-14,16,18-20H2/b2-1+,17-15?. The predicted octanol–water partition coefficient (Wildman–Crippen LogP) is 7.35. The third kappa shape index (κ3) is 12.5. The summed E-state index contributed by atoms with van der Waals surface area (Å²) in [5, 5.41) is 0. The van der Waals surface area contributed by atoms with Gasteiger partial charge in [0.1, 0.15) is 0 Å². The molecule has 0 unspecified atom stereocenters. The van der Waals surface area contributed by atoms with Crippen molar-refractivity contribution in [3.63, 3.8) is 0 Å². The zero-order chi connectivity index (χ0) is 14.1. The zero-order valence-electron chi connectivity index (χ0n) is 13.6. The fourth-order valence-electron chi connectivity index (χ4n) is 2.93. The van der Waals surface area contributed by atoms with Crippen LogP contribution in [0.3, 0.4) is 0 Å². The van der Waals surface area contributed by atoms with Crippen molar-refractivity contribution < 1.29 is 0 Å². The molecular formula is C20H36. The normalized spacial score (nSPS) is 24.0. The molecule has 116 valence electrons. The van der Waals surface area contributed by atoms with Gasteiger partial charge in [-0.05, 0) is 51.4 Å². The van der Waals surface area contributed by atoms with E-state index in [2.05, 4.69) is 24.3 Å². The lowest BCUT2D eigenvalue weighted by molar-refractivity contribution is 0.570. The van der Waals surface area contributed by atoms with Gasteiger partial charge in [0.15, 0.2) is 0 Å². The predicted molar refractivity (Wildman–Crippen MR) is 92.2 cm³/mol. The Morgan fingerprint density at radius 1 is 0.250 bits per heavy atom. The van der Waals surface area contributed by atoms with Gasteiger partial charge >= 0.3 is 0 Å². The number of rotatable bonds is 0. The summed E-state index contributed by atoms with van der Waals surface area (Å²) in [4.78, 5) is 0. The lowest BCUT2D eigenvalue weighted by Gasteiger charge is -2.01. The molecule has 0 aromatic heterocycles. The van der Waals surface area contributed by atoms with E-state index in [4.69, 9.17) is 0 Å². The summed E-state index contributed by atoms with van der Waals surface area (Å²) in [5.74, 6) is 0.